The average Bonchev–Trinajstić information content (AvgIpc) is 3.26. The number of hydrogen-bond donors (Lipinski definition) is 1. The number of thioether (sulfide) groups is 1. The zero-order chi connectivity index (χ0) is 15.9. The van der Waals surface area contributed by atoms with Crippen LogP contribution in [-0.2, 0) is 4.74 Å². The van der Waals surface area contributed by atoms with E-state index in [9.17, 15) is 0 Å². The predicted molar refractivity (Wildman–Crippen MR) is 97.2 cm³/mol. The lowest BCUT2D eigenvalue weighted by atomic mass is 10.2. The van der Waals surface area contributed by atoms with E-state index in [1.165, 1.54) is 29.9 Å². The topological polar surface area (TPSA) is 36.9 Å². The molecule has 2 aliphatic heterocycles. The van der Waals surface area contributed by atoms with Gasteiger partial charge < -0.3 is 15.0 Å². The number of aliphatic imine (C=N–C) groups is 1. The minimum absolute atomic E-state index is 0.360. The van der Waals surface area contributed by atoms with E-state index in [1.54, 1.807) is 0 Å². The van der Waals surface area contributed by atoms with E-state index in [-0.39, 0.29) is 0 Å². The molecule has 0 bridgehead atoms. The molecule has 4 nitrogen and oxygen atoms in total. The molecule has 5 heteroatoms. The summed E-state index contributed by atoms with van der Waals surface area (Å²) in [5, 5.41) is 3.49. The molecule has 2 aliphatic rings. The summed E-state index contributed by atoms with van der Waals surface area (Å²) in [7, 11) is 1.88. The summed E-state index contributed by atoms with van der Waals surface area (Å²) in [4.78, 5) is 8.21. The number of rotatable bonds is 5. The normalized spacial score (nSPS) is 25.1. The highest BCUT2D eigenvalue weighted by Crippen LogP contribution is 2.25. The molecule has 0 aliphatic carbocycles. The molecule has 2 atom stereocenters. The van der Waals surface area contributed by atoms with Gasteiger partial charge in [-0.1, -0.05) is 18.2 Å². The zero-order valence-corrected chi connectivity index (χ0v) is 14.7. The fraction of sp³-hybridized carbons (Fsp3) is 0.611. The van der Waals surface area contributed by atoms with Crippen molar-refractivity contribution in [2.24, 2.45) is 10.9 Å². The molecule has 3 rings (SSSR count). The number of nitrogens with zero attached hydrogens (tertiary/aromatic N) is 2. The maximum absolute atomic E-state index is 5.68. The van der Waals surface area contributed by atoms with Gasteiger partial charge in [0.25, 0.3) is 0 Å². The minimum atomic E-state index is 0.360. The van der Waals surface area contributed by atoms with Crippen LogP contribution in [0.3, 0.4) is 0 Å². The highest BCUT2D eigenvalue weighted by atomic mass is 32.2. The molecule has 2 heterocycles. The SMILES string of the molecule is CN=C(NCC1CCCO1)N1CCC(CSc2ccccc2)C1. The lowest BCUT2D eigenvalue weighted by Crippen LogP contribution is -2.43. The van der Waals surface area contributed by atoms with Crippen LogP contribution >= 0.6 is 11.8 Å². The van der Waals surface area contributed by atoms with Crippen LogP contribution in [-0.4, -0.2) is 56.0 Å². The molecule has 1 aromatic rings. The molecule has 2 saturated heterocycles. The maximum atomic E-state index is 5.68. The molecular weight excluding hydrogens is 306 g/mol. The average molecular weight is 334 g/mol. The Hall–Kier alpha value is -1.20. The maximum Gasteiger partial charge on any atom is 0.193 e. The van der Waals surface area contributed by atoms with Crippen LogP contribution in [0.2, 0.25) is 0 Å². The fourth-order valence-electron chi connectivity index (χ4n) is 3.23. The van der Waals surface area contributed by atoms with Crippen LogP contribution in [0.25, 0.3) is 0 Å². The molecule has 1 N–H and O–H groups in total. The molecule has 0 spiro atoms. The Kier molecular flexibility index (Phi) is 6.22. The molecule has 2 fully saturated rings. The Morgan fingerprint density at radius 1 is 1.35 bits per heavy atom. The lowest BCUT2D eigenvalue weighted by molar-refractivity contribution is 0.113. The van der Waals surface area contributed by atoms with Gasteiger partial charge in [-0.15, -0.1) is 11.8 Å². The third-order valence-corrected chi connectivity index (χ3v) is 5.78. The summed E-state index contributed by atoms with van der Waals surface area (Å²) < 4.78 is 5.68. The Balaban J connectivity index is 1.42. The fourth-order valence-corrected chi connectivity index (χ4v) is 4.28. The van der Waals surface area contributed by atoms with E-state index < -0.39 is 0 Å². The number of guanidine groups is 1. The summed E-state index contributed by atoms with van der Waals surface area (Å²) in [5.41, 5.74) is 0. The zero-order valence-electron chi connectivity index (χ0n) is 13.9. The first-order valence-corrected chi connectivity index (χ1v) is 9.59. The number of nitrogens with one attached hydrogen (secondary N) is 1. The molecule has 0 amide bonds. The molecular formula is C18H27N3OS. The molecule has 0 radical (unpaired) electrons. The second-order valence-electron chi connectivity index (χ2n) is 6.29. The van der Waals surface area contributed by atoms with Gasteiger partial charge in [0.05, 0.1) is 6.10 Å². The quantitative estimate of drug-likeness (QED) is 0.511. The van der Waals surface area contributed by atoms with Gasteiger partial charge in [0.2, 0.25) is 0 Å². The largest absolute Gasteiger partial charge is 0.376 e. The number of hydrogen-bond acceptors (Lipinski definition) is 3. The van der Waals surface area contributed by atoms with Gasteiger partial charge >= 0.3 is 0 Å². The Morgan fingerprint density at radius 2 is 2.22 bits per heavy atom. The highest BCUT2D eigenvalue weighted by molar-refractivity contribution is 7.99. The van der Waals surface area contributed by atoms with Gasteiger partial charge in [-0.3, -0.25) is 4.99 Å². The van der Waals surface area contributed by atoms with Gasteiger partial charge in [0.1, 0.15) is 0 Å². The van der Waals surface area contributed by atoms with Gasteiger partial charge in [-0.2, -0.15) is 0 Å². The van der Waals surface area contributed by atoms with Crippen LogP contribution in [0, 0.1) is 5.92 Å². The van der Waals surface area contributed by atoms with E-state index in [0.717, 1.165) is 38.1 Å². The van der Waals surface area contributed by atoms with Gasteiger partial charge in [-0.25, -0.2) is 0 Å². The molecule has 2 unspecified atom stereocenters. The van der Waals surface area contributed by atoms with Crippen molar-refractivity contribution < 1.29 is 4.74 Å². The molecule has 23 heavy (non-hydrogen) atoms. The van der Waals surface area contributed by atoms with Crippen LogP contribution in [0.5, 0.6) is 0 Å². The Bertz CT molecular complexity index is 502. The van der Waals surface area contributed by atoms with E-state index in [1.807, 2.05) is 18.8 Å². The van der Waals surface area contributed by atoms with E-state index >= 15 is 0 Å². The van der Waals surface area contributed by atoms with Crippen molar-refractivity contribution in [2.75, 3.05) is 39.0 Å². The molecule has 1 aromatic carbocycles. The Labute approximate surface area is 143 Å². The van der Waals surface area contributed by atoms with Crippen molar-refractivity contribution >= 4 is 17.7 Å². The van der Waals surface area contributed by atoms with Crippen LogP contribution < -0.4 is 5.32 Å². The van der Waals surface area contributed by atoms with Crippen molar-refractivity contribution in [1.82, 2.24) is 10.2 Å². The monoisotopic (exact) mass is 333 g/mol. The van der Waals surface area contributed by atoms with Gasteiger partial charge in [0.15, 0.2) is 5.96 Å². The van der Waals surface area contributed by atoms with Crippen LogP contribution in [0.4, 0.5) is 0 Å². The smallest absolute Gasteiger partial charge is 0.193 e. The third-order valence-electron chi connectivity index (χ3n) is 4.54. The molecule has 126 valence electrons. The molecule has 0 aromatic heterocycles. The summed E-state index contributed by atoms with van der Waals surface area (Å²) in [6.07, 6.45) is 3.97. The van der Waals surface area contributed by atoms with Gasteiger partial charge in [0, 0.05) is 43.9 Å². The number of likely N-dealkylation sites (tertiary alicyclic amines) is 1. The van der Waals surface area contributed by atoms with Crippen LogP contribution in [0.1, 0.15) is 19.3 Å². The number of ether oxygens (including phenoxy) is 1. The van der Waals surface area contributed by atoms with E-state index in [0.29, 0.717) is 6.10 Å². The van der Waals surface area contributed by atoms with Crippen molar-refractivity contribution in [1.29, 1.82) is 0 Å². The van der Waals surface area contributed by atoms with Crippen molar-refractivity contribution in [3.05, 3.63) is 30.3 Å². The van der Waals surface area contributed by atoms with Crippen LogP contribution in [0.15, 0.2) is 40.2 Å². The summed E-state index contributed by atoms with van der Waals surface area (Å²) >= 11 is 1.97. The summed E-state index contributed by atoms with van der Waals surface area (Å²) in [5.74, 6) is 2.96. The highest BCUT2D eigenvalue weighted by Gasteiger charge is 2.25. The third kappa shape index (κ3) is 4.88. The van der Waals surface area contributed by atoms with E-state index in [2.05, 4.69) is 45.5 Å². The van der Waals surface area contributed by atoms with Gasteiger partial charge in [-0.05, 0) is 37.3 Å². The summed E-state index contributed by atoms with van der Waals surface area (Å²) in [6.45, 7) is 4.00. The second kappa shape index (κ2) is 8.60. The second-order valence-corrected chi connectivity index (χ2v) is 7.38. The Morgan fingerprint density at radius 3 is 2.96 bits per heavy atom. The van der Waals surface area contributed by atoms with Crippen molar-refractivity contribution in [3.63, 3.8) is 0 Å². The number of benzene rings is 1. The minimum Gasteiger partial charge on any atom is -0.376 e. The first kappa shape index (κ1) is 16.7. The van der Waals surface area contributed by atoms with Crippen molar-refractivity contribution in [3.8, 4) is 0 Å². The standard InChI is InChI=1S/C18H27N3OS/c1-19-18(20-12-16-6-5-11-22-16)21-10-9-15(13-21)14-23-17-7-3-2-4-8-17/h2-4,7-8,15-16H,5-6,9-14H2,1H3,(H,19,20). The first-order chi connectivity index (χ1) is 11.3. The first-order valence-electron chi connectivity index (χ1n) is 8.60. The predicted octanol–water partition coefficient (Wildman–Crippen LogP) is 2.86. The summed E-state index contributed by atoms with van der Waals surface area (Å²) in [6, 6.07) is 10.7. The lowest BCUT2D eigenvalue weighted by Gasteiger charge is -2.23. The van der Waals surface area contributed by atoms with E-state index in [4.69, 9.17) is 4.74 Å². The molecule has 0 saturated carbocycles. The van der Waals surface area contributed by atoms with Crippen molar-refractivity contribution in [2.45, 2.75) is 30.3 Å².